The largest absolute Gasteiger partial charge is 0.282 e. The maximum atomic E-state index is 13.2. The van der Waals surface area contributed by atoms with Gasteiger partial charge in [-0.05, 0) is 42.0 Å². The SMILES string of the molecule is O=S(=O)(N1CCCCC1)N1CCCC1c1cccc2ccccc12. The Labute approximate surface area is 144 Å². The first-order valence-corrected chi connectivity index (χ1v) is 10.3. The Morgan fingerprint density at radius 2 is 1.58 bits per heavy atom. The van der Waals surface area contributed by atoms with E-state index in [9.17, 15) is 8.42 Å². The van der Waals surface area contributed by atoms with Gasteiger partial charge in [0.2, 0.25) is 0 Å². The van der Waals surface area contributed by atoms with Gasteiger partial charge in [0.25, 0.3) is 10.2 Å². The van der Waals surface area contributed by atoms with Crippen LogP contribution in [0.4, 0.5) is 0 Å². The lowest BCUT2D eigenvalue weighted by Gasteiger charge is -2.33. The highest BCUT2D eigenvalue weighted by Crippen LogP contribution is 2.38. The molecule has 4 nitrogen and oxygen atoms in total. The van der Waals surface area contributed by atoms with Crippen molar-refractivity contribution in [3.8, 4) is 0 Å². The van der Waals surface area contributed by atoms with E-state index in [1.54, 1.807) is 8.61 Å². The number of piperidine rings is 1. The van der Waals surface area contributed by atoms with Crippen LogP contribution in [0.2, 0.25) is 0 Å². The Balaban J connectivity index is 1.72. The summed E-state index contributed by atoms with van der Waals surface area (Å²) in [5, 5.41) is 2.35. The molecular weight excluding hydrogens is 320 g/mol. The average molecular weight is 344 g/mol. The van der Waals surface area contributed by atoms with Crippen LogP contribution in [0.25, 0.3) is 10.8 Å². The molecule has 0 spiro atoms. The normalized spacial score (nSPS) is 23.8. The first-order valence-electron chi connectivity index (χ1n) is 8.92. The van der Waals surface area contributed by atoms with E-state index >= 15 is 0 Å². The second-order valence-electron chi connectivity index (χ2n) is 6.80. The zero-order chi connectivity index (χ0) is 16.6. The van der Waals surface area contributed by atoms with Crippen LogP contribution in [0.15, 0.2) is 42.5 Å². The molecule has 0 saturated carbocycles. The molecule has 0 amide bonds. The van der Waals surface area contributed by atoms with Gasteiger partial charge in [-0.15, -0.1) is 0 Å². The highest BCUT2D eigenvalue weighted by Gasteiger charge is 2.39. The smallest absolute Gasteiger partial charge is 0.195 e. The monoisotopic (exact) mass is 344 g/mol. The van der Waals surface area contributed by atoms with Crippen molar-refractivity contribution in [2.45, 2.75) is 38.1 Å². The van der Waals surface area contributed by atoms with Crippen LogP contribution in [0.3, 0.4) is 0 Å². The van der Waals surface area contributed by atoms with Gasteiger partial charge in [-0.25, -0.2) is 0 Å². The molecule has 0 bridgehead atoms. The quantitative estimate of drug-likeness (QED) is 0.852. The van der Waals surface area contributed by atoms with Crippen LogP contribution in [0.1, 0.15) is 43.7 Å². The summed E-state index contributed by atoms with van der Waals surface area (Å²) in [4.78, 5) is 0. The Hall–Kier alpha value is -1.43. The number of hydrogen-bond donors (Lipinski definition) is 0. The van der Waals surface area contributed by atoms with Gasteiger partial charge in [0.15, 0.2) is 0 Å². The van der Waals surface area contributed by atoms with E-state index in [4.69, 9.17) is 0 Å². The molecular formula is C19H24N2O2S. The van der Waals surface area contributed by atoms with Crippen LogP contribution in [0.5, 0.6) is 0 Å². The molecule has 2 aliphatic rings. The summed E-state index contributed by atoms with van der Waals surface area (Å²) in [6.45, 7) is 1.97. The Kier molecular flexibility index (Phi) is 4.33. The number of benzene rings is 2. The molecule has 0 radical (unpaired) electrons. The number of nitrogens with zero attached hydrogens (tertiary/aromatic N) is 2. The van der Waals surface area contributed by atoms with E-state index in [0.717, 1.165) is 37.7 Å². The van der Waals surface area contributed by atoms with Gasteiger partial charge in [-0.1, -0.05) is 48.9 Å². The molecule has 2 aliphatic heterocycles. The van der Waals surface area contributed by atoms with Gasteiger partial charge in [0.1, 0.15) is 0 Å². The van der Waals surface area contributed by atoms with E-state index in [0.29, 0.717) is 19.6 Å². The van der Waals surface area contributed by atoms with E-state index in [-0.39, 0.29) is 6.04 Å². The summed E-state index contributed by atoms with van der Waals surface area (Å²) in [5.41, 5.74) is 1.14. The van der Waals surface area contributed by atoms with Crippen LogP contribution >= 0.6 is 0 Å². The third-order valence-corrected chi connectivity index (χ3v) is 7.37. The summed E-state index contributed by atoms with van der Waals surface area (Å²) in [5.74, 6) is 0. The maximum Gasteiger partial charge on any atom is 0.282 e. The Bertz CT molecular complexity index is 823. The highest BCUT2D eigenvalue weighted by molar-refractivity contribution is 7.86. The second kappa shape index (κ2) is 6.47. The second-order valence-corrected chi connectivity index (χ2v) is 8.69. The average Bonchev–Trinajstić information content (AvgIpc) is 3.12. The standard InChI is InChI=1S/C19H24N2O2S/c22-24(23,20-13-4-1-5-14-20)21-15-7-12-19(21)18-11-6-9-16-8-2-3-10-17(16)18/h2-3,6,8-11,19H,1,4-5,7,12-15H2. The lowest BCUT2D eigenvalue weighted by molar-refractivity contribution is 0.297. The van der Waals surface area contributed by atoms with Crippen LogP contribution in [0, 0.1) is 0 Å². The fraction of sp³-hybridized carbons (Fsp3) is 0.474. The zero-order valence-electron chi connectivity index (χ0n) is 13.9. The van der Waals surface area contributed by atoms with Crippen molar-refractivity contribution in [1.29, 1.82) is 0 Å². The molecule has 2 aromatic carbocycles. The molecule has 2 heterocycles. The summed E-state index contributed by atoms with van der Waals surface area (Å²) in [7, 11) is -3.36. The molecule has 2 fully saturated rings. The number of rotatable bonds is 3. The van der Waals surface area contributed by atoms with Crippen molar-refractivity contribution in [2.24, 2.45) is 0 Å². The van der Waals surface area contributed by atoms with E-state index in [1.165, 1.54) is 10.8 Å². The predicted octanol–water partition coefficient (Wildman–Crippen LogP) is 3.71. The van der Waals surface area contributed by atoms with Crippen molar-refractivity contribution in [2.75, 3.05) is 19.6 Å². The van der Waals surface area contributed by atoms with Gasteiger partial charge in [-0.2, -0.15) is 17.0 Å². The molecule has 2 saturated heterocycles. The summed E-state index contributed by atoms with van der Waals surface area (Å²) in [6.07, 6.45) is 4.93. The molecule has 24 heavy (non-hydrogen) atoms. The van der Waals surface area contributed by atoms with Gasteiger partial charge in [-0.3, -0.25) is 0 Å². The first kappa shape index (κ1) is 16.1. The molecule has 0 aromatic heterocycles. The van der Waals surface area contributed by atoms with Gasteiger partial charge in [0, 0.05) is 19.6 Å². The topological polar surface area (TPSA) is 40.6 Å². The third kappa shape index (κ3) is 2.75. The van der Waals surface area contributed by atoms with Crippen molar-refractivity contribution in [3.05, 3.63) is 48.0 Å². The minimum atomic E-state index is -3.36. The maximum absolute atomic E-state index is 13.2. The van der Waals surface area contributed by atoms with E-state index in [2.05, 4.69) is 24.3 Å². The first-order chi connectivity index (χ1) is 11.7. The van der Waals surface area contributed by atoms with Crippen LogP contribution in [-0.2, 0) is 10.2 Å². The van der Waals surface area contributed by atoms with Crippen LogP contribution in [-0.4, -0.2) is 36.7 Å². The van der Waals surface area contributed by atoms with Crippen molar-refractivity contribution < 1.29 is 8.42 Å². The number of fused-ring (bicyclic) bond motifs is 1. The molecule has 0 aliphatic carbocycles. The van der Waals surface area contributed by atoms with Gasteiger partial charge < -0.3 is 0 Å². The summed E-state index contributed by atoms with van der Waals surface area (Å²) in [6, 6.07) is 14.5. The Morgan fingerprint density at radius 3 is 2.42 bits per heavy atom. The molecule has 1 atom stereocenters. The number of hydrogen-bond acceptors (Lipinski definition) is 2. The van der Waals surface area contributed by atoms with E-state index in [1.807, 2.05) is 18.2 Å². The van der Waals surface area contributed by atoms with Crippen LogP contribution < -0.4 is 0 Å². The van der Waals surface area contributed by atoms with E-state index < -0.39 is 10.2 Å². The molecule has 2 aromatic rings. The fourth-order valence-electron chi connectivity index (χ4n) is 4.11. The minimum Gasteiger partial charge on any atom is -0.195 e. The minimum absolute atomic E-state index is 0.0389. The Morgan fingerprint density at radius 1 is 0.833 bits per heavy atom. The summed E-state index contributed by atoms with van der Waals surface area (Å²) >= 11 is 0. The summed E-state index contributed by atoms with van der Waals surface area (Å²) < 4.78 is 29.8. The molecule has 4 rings (SSSR count). The molecule has 0 N–H and O–H groups in total. The van der Waals surface area contributed by atoms with Gasteiger partial charge in [0.05, 0.1) is 6.04 Å². The van der Waals surface area contributed by atoms with Crippen molar-refractivity contribution in [3.63, 3.8) is 0 Å². The molecule has 5 heteroatoms. The lowest BCUT2D eigenvalue weighted by Crippen LogP contribution is -2.45. The highest BCUT2D eigenvalue weighted by atomic mass is 32.2. The lowest BCUT2D eigenvalue weighted by atomic mass is 9.98. The van der Waals surface area contributed by atoms with Gasteiger partial charge >= 0.3 is 0 Å². The fourth-order valence-corrected chi connectivity index (χ4v) is 6.03. The molecule has 128 valence electrons. The van der Waals surface area contributed by atoms with Crippen molar-refractivity contribution in [1.82, 2.24) is 8.61 Å². The molecule has 1 unspecified atom stereocenters. The van der Waals surface area contributed by atoms with Crippen molar-refractivity contribution >= 4 is 21.0 Å². The predicted molar refractivity (Wildman–Crippen MR) is 97.0 cm³/mol. The zero-order valence-corrected chi connectivity index (χ0v) is 14.7. The third-order valence-electron chi connectivity index (χ3n) is 5.32.